The molecule has 150 valence electrons. The van der Waals surface area contributed by atoms with Crippen molar-refractivity contribution in [3.63, 3.8) is 0 Å². The summed E-state index contributed by atoms with van der Waals surface area (Å²) < 4.78 is 33.3. The zero-order valence-corrected chi connectivity index (χ0v) is 17.3. The summed E-state index contributed by atoms with van der Waals surface area (Å²) >= 11 is 5.85. The summed E-state index contributed by atoms with van der Waals surface area (Å²) in [6.45, 7) is 1.87. The van der Waals surface area contributed by atoms with Crippen molar-refractivity contribution in [2.24, 2.45) is 0 Å². The first-order valence-corrected chi connectivity index (χ1v) is 10.5. The monoisotopic (exact) mass is 430 g/mol. The maximum atomic E-state index is 12.8. The number of rotatable bonds is 6. The van der Waals surface area contributed by atoms with Gasteiger partial charge in [0.15, 0.2) is 0 Å². The second kappa shape index (κ2) is 8.55. The van der Waals surface area contributed by atoms with Crippen molar-refractivity contribution >= 4 is 38.9 Å². The van der Waals surface area contributed by atoms with E-state index in [0.29, 0.717) is 22.0 Å². The molecule has 0 radical (unpaired) electrons. The molecule has 0 spiro atoms. The molecule has 3 aromatic rings. The molecular formula is C21H19ClN2O4S. The van der Waals surface area contributed by atoms with Gasteiger partial charge in [-0.1, -0.05) is 23.7 Å². The van der Waals surface area contributed by atoms with Gasteiger partial charge < -0.3 is 10.1 Å². The van der Waals surface area contributed by atoms with E-state index in [4.69, 9.17) is 16.3 Å². The zero-order valence-electron chi connectivity index (χ0n) is 15.8. The first-order chi connectivity index (χ1) is 13.8. The van der Waals surface area contributed by atoms with Gasteiger partial charge in [0.25, 0.3) is 15.9 Å². The van der Waals surface area contributed by atoms with E-state index in [9.17, 15) is 13.2 Å². The molecule has 6 nitrogen and oxygen atoms in total. The van der Waals surface area contributed by atoms with Crippen molar-refractivity contribution in [2.45, 2.75) is 11.8 Å². The van der Waals surface area contributed by atoms with Crippen molar-refractivity contribution in [3.8, 4) is 5.75 Å². The van der Waals surface area contributed by atoms with Crippen LogP contribution in [0.2, 0.25) is 5.02 Å². The lowest BCUT2D eigenvalue weighted by molar-refractivity contribution is 0.102. The molecule has 0 saturated carbocycles. The Morgan fingerprint density at radius 2 is 1.72 bits per heavy atom. The van der Waals surface area contributed by atoms with E-state index in [1.165, 1.54) is 25.3 Å². The van der Waals surface area contributed by atoms with Crippen LogP contribution in [0, 0.1) is 6.92 Å². The molecule has 0 saturated heterocycles. The Bertz CT molecular complexity index is 1150. The van der Waals surface area contributed by atoms with Gasteiger partial charge in [0.2, 0.25) is 0 Å². The highest BCUT2D eigenvalue weighted by Gasteiger charge is 2.18. The van der Waals surface area contributed by atoms with E-state index in [2.05, 4.69) is 10.0 Å². The first kappa shape index (κ1) is 20.7. The molecule has 0 aliphatic rings. The summed E-state index contributed by atoms with van der Waals surface area (Å²) in [7, 11) is -2.42. The Labute approximate surface area is 174 Å². The molecule has 1 amide bonds. The molecule has 8 heteroatoms. The van der Waals surface area contributed by atoms with Crippen molar-refractivity contribution < 1.29 is 17.9 Å². The van der Waals surface area contributed by atoms with Crippen LogP contribution < -0.4 is 14.8 Å². The molecule has 29 heavy (non-hydrogen) atoms. The molecule has 0 aliphatic carbocycles. The van der Waals surface area contributed by atoms with Crippen LogP contribution in [0.15, 0.2) is 71.6 Å². The van der Waals surface area contributed by atoms with E-state index < -0.39 is 15.9 Å². The lowest BCUT2D eigenvalue weighted by atomic mass is 10.2. The third-order valence-electron chi connectivity index (χ3n) is 4.11. The minimum absolute atomic E-state index is 0.00814. The van der Waals surface area contributed by atoms with E-state index in [1.54, 1.807) is 42.5 Å². The predicted molar refractivity (Wildman–Crippen MR) is 114 cm³/mol. The number of halogens is 1. The lowest BCUT2D eigenvalue weighted by Gasteiger charge is -2.14. The average molecular weight is 431 g/mol. The Hall–Kier alpha value is -3.03. The van der Waals surface area contributed by atoms with E-state index >= 15 is 0 Å². The van der Waals surface area contributed by atoms with Crippen LogP contribution in [-0.4, -0.2) is 21.4 Å². The van der Waals surface area contributed by atoms with Gasteiger partial charge in [-0.05, 0) is 67.1 Å². The molecule has 0 fully saturated rings. The fourth-order valence-corrected chi connectivity index (χ4v) is 3.87. The summed E-state index contributed by atoms with van der Waals surface area (Å²) in [5.74, 6) is -0.0806. The summed E-state index contributed by atoms with van der Waals surface area (Å²) in [6, 6.07) is 17.6. The summed E-state index contributed by atoms with van der Waals surface area (Å²) in [4.78, 5) is 12.5. The van der Waals surface area contributed by atoms with Gasteiger partial charge in [0, 0.05) is 16.3 Å². The van der Waals surface area contributed by atoms with Crippen molar-refractivity contribution in [1.29, 1.82) is 0 Å². The lowest BCUT2D eigenvalue weighted by Crippen LogP contribution is -2.15. The van der Waals surface area contributed by atoms with Crippen LogP contribution in [0.4, 0.5) is 11.4 Å². The molecule has 3 rings (SSSR count). The normalized spacial score (nSPS) is 11.0. The number of hydrogen-bond donors (Lipinski definition) is 2. The van der Waals surface area contributed by atoms with E-state index in [1.807, 2.05) is 13.0 Å². The Kier molecular flexibility index (Phi) is 6.10. The molecule has 0 aromatic heterocycles. The molecule has 0 heterocycles. The van der Waals surface area contributed by atoms with Gasteiger partial charge in [0.05, 0.1) is 17.7 Å². The Balaban J connectivity index is 1.89. The number of nitrogens with one attached hydrogen (secondary N) is 2. The largest absolute Gasteiger partial charge is 0.495 e. The van der Waals surface area contributed by atoms with Gasteiger partial charge in [-0.3, -0.25) is 9.52 Å². The molecule has 0 atom stereocenters. The minimum atomic E-state index is -3.86. The fraction of sp³-hybridized carbons (Fsp3) is 0.0952. The minimum Gasteiger partial charge on any atom is -0.495 e. The highest BCUT2D eigenvalue weighted by Crippen LogP contribution is 2.29. The maximum absolute atomic E-state index is 12.8. The molecule has 3 aromatic carbocycles. The summed E-state index contributed by atoms with van der Waals surface area (Å²) in [6.07, 6.45) is 0. The average Bonchev–Trinajstić information content (AvgIpc) is 2.68. The van der Waals surface area contributed by atoms with Gasteiger partial charge in [0.1, 0.15) is 5.75 Å². The standard InChI is InChI=1S/C21H19ClN2O4S/c1-14-4-3-5-17(12-14)24-29(26,27)18-10-11-20(28-2)19(13-18)23-21(25)15-6-8-16(22)9-7-15/h3-13,24H,1-2H3,(H,23,25). The number of carbonyl (C=O) groups excluding carboxylic acids is 1. The Morgan fingerprint density at radius 3 is 2.38 bits per heavy atom. The predicted octanol–water partition coefficient (Wildman–Crippen LogP) is 4.71. The number of hydrogen-bond acceptors (Lipinski definition) is 4. The Morgan fingerprint density at radius 1 is 1.00 bits per heavy atom. The maximum Gasteiger partial charge on any atom is 0.261 e. The van der Waals surface area contributed by atoms with Gasteiger partial charge >= 0.3 is 0 Å². The smallest absolute Gasteiger partial charge is 0.261 e. The first-order valence-electron chi connectivity index (χ1n) is 8.63. The third-order valence-corrected chi connectivity index (χ3v) is 5.74. The van der Waals surface area contributed by atoms with Crippen LogP contribution in [0.25, 0.3) is 0 Å². The van der Waals surface area contributed by atoms with Gasteiger partial charge in [-0.2, -0.15) is 0 Å². The number of sulfonamides is 1. The third kappa shape index (κ3) is 5.07. The fourth-order valence-electron chi connectivity index (χ4n) is 2.67. The molecule has 0 aliphatic heterocycles. The molecule has 2 N–H and O–H groups in total. The number of aryl methyl sites for hydroxylation is 1. The van der Waals surface area contributed by atoms with Gasteiger partial charge in [-0.15, -0.1) is 0 Å². The highest BCUT2D eigenvalue weighted by atomic mass is 35.5. The highest BCUT2D eigenvalue weighted by molar-refractivity contribution is 7.92. The van der Waals surface area contributed by atoms with Crippen molar-refractivity contribution in [1.82, 2.24) is 0 Å². The van der Waals surface area contributed by atoms with Crippen LogP contribution in [0.1, 0.15) is 15.9 Å². The zero-order chi connectivity index (χ0) is 21.0. The van der Waals surface area contributed by atoms with E-state index in [0.717, 1.165) is 5.56 Å². The van der Waals surface area contributed by atoms with Crippen LogP contribution >= 0.6 is 11.6 Å². The molecule has 0 unspecified atom stereocenters. The van der Waals surface area contributed by atoms with E-state index in [-0.39, 0.29) is 10.6 Å². The van der Waals surface area contributed by atoms with Crippen molar-refractivity contribution in [2.75, 3.05) is 17.1 Å². The van der Waals surface area contributed by atoms with Gasteiger partial charge in [-0.25, -0.2) is 8.42 Å². The van der Waals surface area contributed by atoms with Crippen LogP contribution in [-0.2, 0) is 10.0 Å². The number of amides is 1. The number of benzene rings is 3. The number of methoxy groups -OCH3 is 1. The van der Waals surface area contributed by atoms with Crippen LogP contribution in [0.3, 0.4) is 0 Å². The summed E-state index contributed by atoms with van der Waals surface area (Å²) in [5, 5.41) is 3.19. The number of ether oxygens (including phenoxy) is 1. The summed E-state index contributed by atoms with van der Waals surface area (Å²) in [5.41, 5.74) is 1.99. The van der Waals surface area contributed by atoms with Crippen molar-refractivity contribution in [3.05, 3.63) is 82.9 Å². The molecule has 0 bridgehead atoms. The number of anilines is 2. The quantitative estimate of drug-likeness (QED) is 0.593. The van der Waals surface area contributed by atoms with Crippen LogP contribution in [0.5, 0.6) is 5.75 Å². The SMILES string of the molecule is COc1ccc(S(=O)(=O)Nc2cccc(C)c2)cc1NC(=O)c1ccc(Cl)cc1. The second-order valence-electron chi connectivity index (χ2n) is 6.30. The topological polar surface area (TPSA) is 84.5 Å². The molecular weight excluding hydrogens is 412 g/mol. The number of carbonyl (C=O) groups is 1. The second-order valence-corrected chi connectivity index (χ2v) is 8.42.